The summed E-state index contributed by atoms with van der Waals surface area (Å²) in [5.74, 6) is -0.503. The fourth-order valence-corrected chi connectivity index (χ4v) is 2.35. The van der Waals surface area contributed by atoms with Crippen molar-refractivity contribution in [3.8, 4) is 5.75 Å². The SMILES string of the molecule is Nc1cc(N)c(S(=O)(=O)O)cc1N=Nc1ccc([N+](=O)[O-])cc1O. The van der Waals surface area contributed by atoms with Gasteiger partial charge in [0, 0.05) is 6.07 Å². The molecule has 0 heterocycles. The summed E-state index contributed by atoms with van der Waals surface area (Å²) in [5.41, 5.74) is 10.2. The van der Waals surface area contributed by atoms with E-state index in [9.17, 15) is 23.6 Å². The van der Waals surface area contributed by atoms with Gasteiger partial charge in [-0.1, -0.05) is 0 Å². The number of non-ortho nitro benzene ring substituents is 1. The maximum atomic E-state index is 11.2. The summed E-state index contributed by atoms with van der Waals surface area (Å²) >= 11 is 0. The standard InChI is InChI=1S/C12H11N5O6S/c13-7-4-8(14)12(24(21,22)23)5-10(7)16-15-9-2-1-6(17(19)20)3-11(9)18/h1-5,18H,13-14H2,(H,21,22,23). The Morgan fingerprint density at radius 1 is 1.04 bits per heavy atom. The van der Waals surface area contributed by atoms with Crippen molar-refractivity contribution in [2.75, 3.05) is 11.5 Å². The van der Waals surface area contributed by atoms with Gasteiger partial charge in [-0.15, -0.1) is 10.2 Å². The van der Waals surface area contributed by atoms with E-state index in [0.29, 0.717) is 0 Å². The van der Waals surface area contributed by atoms with Crippen LogP contribution in [0.2, 0.25) is 0 Å². The van der Waals surface area contributed by atoms with E-state index in [1.165, 1.54) is 0 Å². The minimum absolute atomic E-state index is 0.0231. The van der Waals surface area contributed by atoms with Gasteiger partial charge >= 0.3 is 0 Å². The Labute approximate surface area is 135 Å². The van der Waals surface area contributed by atoms with Gasteiger partial charge < -0.3 is 16.6 Å². The highest BCUT2D eigenvalue weighted by atomic mass is 32.2. The molecule has 0 spiro atoms. The van der Waals surface area contributed by atoms with Crippen LogP contribution in [0.4, 0.5) is 28.4 Å². The fourth-order valence-electron chi connectivity index (χ4n) is 1.73. The Bertz CT molecular complexity index is 957. The number of benzene rings is 2. The molecule has 0 unspecified atom stereocenters. The molecule has 2 rings (SSSR count). The van der Waals surface area contributed by atoms with E-state index in [1.807, 2.05) is 0 Å². The first-order valence-corrected chi connectivity index (χ1v) is 7.59. The van der Waals surface area contributed by atoms with Gasteiger partial charge in [-0.3, -0.25) is 14.7 Å². The summed E-state index contributed by atoms with van der Waals surface area (Å²) in [6.45, 7) is 0. The molecule has 0 radical (unpaired) electrons. The molecule has 0 aromatic heterocycles. The molecule has 0 aliphatic rings. The van der Waals surface area contributed by atoms with E-state index in [1.54, 1.807) is 0 Å². The van der Waals surface area contributed by atoms with Crippen molar-refractivity contribution in [2.45, 2.75) is 4.90 Å². The monoisotopic (exact) mass is 353 g/mol. The zero-order valence-corrected chi connectivity index (χ0v) is 12.6. The van der Waals surface area contributed by atoms with Crippen LogP contribution in [0.25, 0.3) is 0 Å². The molecule has 2 aromatic rings. The third-order valence-corrected chi connectivity index (χ3v) is 3.78. The number of hydrogen-bond acceptors (Lipinski definition) is 9. The van der Waals surface area contributed by atoms with Gasteiger partial charge in [0.2, 0.25) is 0 Å². The summed E-state index contributed by atoms with van der Waals surface area (Å²) in [6, 6.07) is 5.11. The summed E-state index contributed by atoms with van der Waals surface area (Å²) in [4.78, 5) is 9.29. The number of phenolic OH excluding ortho intramolecular Hbond substituents is 1. The first-order valence-electron chi connectivity index (χ1n) is 6.15. The van der Waals surface area contributed by atoms with Crippen molar-refractivity contribution in [3.63, 3.8) is 0 Å². The highest BCUT2D eigenvalue weighted by Crippen LogP contribution is 2.35. The molecule has 0 atom stereocenters. The van der Waals surface area contributed by atoms with Crippen LogP contribution in [0.3, 0.4) is 0 Å². The zero-order chi connectivity index (χ0) is 18.1. The van der Waals surface area contributed by atoms with Crippen LogP contribution in [-0.4, -0.2) is 23.0 Å². The summed E-state index contributed by atoms with van der Waals surface area (Å²) in [5, 5.41) is 27.6. The lowest BCUT2D eigenvalue weighted by atomic mass is 10.2. The zero-order valence-electron chi connectivity index (χ0n) is 11.8. The molecule has 126 valence electrons. The van der Waals surface area contributed by atoms with Crippen molar-refractivity contribution in [3.05, 3.63) is 40.4 Å². The van der Waals surface area contributed by atoms with Crippen LogP contribution in [0.15, 0.2) is 45.5 Å². The van der Waals surface area contributed by atoms with Crippen LogP contribution in [-0.2, 0) is 10.1 Å². The van der Waals surface area contributed by atoms with Crippen molar-refractivity contribution in [1.82, 2.24) is 0 Å². The number of nitrogens with zero attached hydrogens (tertiary/aromatic N) is 3. The molecular formula is C12H11N5O6S. The molecule has 0 saturated heterocycles. The van der Waals surface area contributed by atoms with E-state index < -0.39 is 25.7 Å². The lowest BCUT2D eigenvalue weighted by Crippen LogP contribution is -2.04. The van der Waals surface area contributed by atoms with Crippen LogP contribution in [0.5, 0.6) is 5.75 Å². The van der Waals surface area contributed by atoms with Crippen molar-refractivity contribution in [2.24, 2.45) is 10.2 Å². The number of nitro groups is 1. The molecule has 12 heteroatoms. The average molecular weight is 353 g/mol. The van der Waals surface area contributed by atoms with Gasteiger partial charge in [-0.2, -0.15) is 8.42 Å². The van der Waals surface area contributed by atoms with Gasteiger partial charge in [-0.25, -0.2) is 0 Å². The lowest BCUT2D eigenvalue weighted by molar-refractivity contribution is -0.384. The molecule has 0 aliphatic heterocycles. The first kappa shape index (κ1) is 17.1. The van der Waals surface area contributed by atoms with E-state index in [2.05, 4.69) is 10.2 Å². The number of aromatic hydroxyl groups is 1. The Hall–Kier alpha value is -3.25. The van der Waals surface area contributed by atoms with Crippen molar-refractivity contribution >= 4 is 38.6 Å². The van der Waals surface area contributed by atoms with Gasteiger partial charge in [0.1, 0.15) is 22.0 Å². The average Bonchev–Trinajstić information content (AvgIpc) is 2.45. The summed E-state index contributed by atoms with van der Waals surface area (Å²) in [6.07, 6.45) is 0. The Balaban J connectivity index is 2.44. The number of nitrogen functional groups attached to an aromatic ring is 2. The van der Waals surface area contributed by atoms with E-state index in [4.69, 9.17) is 16.0 Å². The summed E-state index contributed by atoms with van der Waals surface area (Å²) in [7, 11) is -4.59. The van der Waals surface area contributed by atoms with Crippen molar-refractivity contribution in [1.29, 1.82) is 0 Å². The van der Waals surface area contributed by atoms with Gasteiger partial charge in [0.15, 0.2) is 0 Å². The number of rotatable bonds is 4. The maximum Gasteiger partial charge on any atom is 0.296 e. The normalized spacial score (nSPS) is 11.7. The number of anilines is 2. The third-order valence-electron chi connectivity index (χ3n) is 2.87. The predicted octanol–water partition coefficient (Wildman–Crippen LogP) is 2.13. The second-order valence-corrected chi connectivity index (χ2v) is 5.94. The Morgan fingerprint density at radius 3 is 2.21 bits per heavy atom. The topological polar surface area (TPSA) is 194 Å². The number of hydrogen-bond donors (Lipinski definition) is 4. The van der Waals surface area contributed by atoms with E-state index >= 15 is 0 Å². The van der Waals surface area contributed by atoms with E-state index in [-0.39, 0.29) is 28.4 Å². The molecule has 0 fully saturated rings. The third kappa shape index (κ3) is 3.56. The Kier molecular flexibility index (Phi) is 4.35. The summed E-state index contributed by atoms with van der Waals surface area (Å²) < 4.78 is 31.5. The highest BCUT2D eigenvalue weighted by molar-refractivity contribution is 7.86. The van der Waals surface area contributed by atoms with E-state index in [0.717, 1.165) is 30.3 Å². The quantitative estimate of drug-likeness (QED) is 0.211. The number of nitro benzene ring substituents is 1. The Morgan fingerprint density at radius 2 is 1.67 bits per heavy atom. The molecule has 0 aliphatic carbocycles. The molecule has 2 aromatic carbocycles. The second-order valence-electron chi connectivity index (χ2n) is 4.55. The minimum Gasteiger partial charge on any atom is -0.505 e. The van der Waals surface area contributed by atoms with Gasteiger partial charge in [-0.05, 0) is 18.2 Å². The molecule has 0 amide bonds. The van der Waals surface area contributed by atoms with Crippen LogP contribution < -0.4 is 11.5 Å². The fraction of sp³-hybridized carbons (Fsp3) is 0. The molecule has 0 bridgehead atoms. The smallest absolute Gasteiger partial charge is 0.296 e. The minimum atomic E-state index is -4.59. The van der Waals surface area contributed by atoms with Crippen molar-refractivity contribution < 1.29 is 23.0 Å². The first-order chi connectivity index (χ1) is 11.1. The van der Waals surface area contributed by atoms with Crippen LogP contribution in [0.1, 0.15) is 0 Å². The number of nitrogens with two attached hydrogens (primary N) is 2. The largest absolute Gasteiger partial charge is 0.505 e. The molecule has 0 saturated carbocycles. The highest BCUT2D eigenvalue weighted by Gasteiger charge is 2.17. The second kappa shape index (κ2) is 6.10. The maximum absolute atomic E-state index is 11.2. The predicted molar refractivity (Wildman–Crippen MR) is 84.0 cm³/mol. The van der Waals surface area contributed by atoms with Crippen LogP contribution in [0, 0.1) is 10.1 Å². The van der Waals surface area contributed by atoms with Gasteiger partial charge in [0.25, 0.3) is 15.8 Å². The molecular weight excluding hydrogens is 342 g/mol. The molecule has 6 N–H and O–H groups in total. The molecule has 11 nitrogen and oxygen atoms in total. The lowest BCUT2D eigenvalue weighted by Gasteiger charge is -2.06. The van der Waals surface area contributed by atoms with Crippen LogP contribution >= 0.6 is 0 Å². The number of azo groups is 1. The van der Waals surface area contributed by atoms with Gasteiger partial charge in [0.05, 0.1) is 22.4 Å². The molecule has 24 heavy (non-hydrogen) atoms. The number of phenols is 1.